The summed E-state index contributed by atoms with van der Waals surface area (Å²) in [5.74, 6) is 2.95. The van der Waals surface area contributed by atoms with Crippen molar-refractivity contribution in [3.63, 3.8) is 0 Å². The summed E-state index contributed by atoms with van der Waals surface area (Å²) in [5, 5.41) is 3.12. The number of carbonyl (C=O) groups excluding carboxylic acids is 1. The summed E-state index contributed by atoms with van der Waals surface area (Å²) in [4.78, 5) is 19.1. The third-order valence-corrected chi connectivity index (χ3v) is 7.78. The molecule has 0 saturated heterocycles. The Bertz CT molecular complexity index is 685. The first-order valence-corrected chi connectivity index (χ1v) is 12.2. The predicted octanol–water partition coefficient (Wildman–Crippen LogP) is 6.15. The van der Waals surface area contributed by atoms with Crippen LogP contribution in [0.1, 0.15) is 78.1 Å². The highest BCUT2D eigenvalue weighted by Crippen LogP contribution is 2.61. The summed E-state index contributed by atoms with van der Waals surface area (Å²) in [6.45, 7) is 4.61. The number of carbonyl (C=O) groups is 1. The number of hydrogen-bond acceptors (Lipinski definition) is 2. The Balaban J connectivity index is 0.00000272. The summed E-state index contributed by atoms with van der Waals surface area (Å²) >= 11 is 0. The van der Waals surface area contributed by atoms with Gasteiger partial charge in [0.2, 0.25) is 0 Å². The van der Waals surface area contributed by atoms with Gasteiger partial charge in [0.05, 0.1) is 0 Å². The fourth-order valence-corrected chi connectivity index (χ4v) is 6.76. The van der Waals surface area contributed by atoms with Gasteiger partial charge in [0, 0.05) is 33.5 Å². The van der Waals surface area contributed by atoms with Crippen molar-refractivity contribution < 1.29 is 6.22 Å². The molecule has 4 fully saturated rings. The molecule has 4 aliphatic carbocycles. The minimum Gasteiger partial charge on any atom is -0.335 e. The van der Waals surface area contributed by atoms with Crippen LogP contribution < -0.4 is 5.32 Å². The first kappa shape index (κ1) is 21.4. The van der Waals surface area contributed by atoms with Gasteiger partial charge in [0.1, 0.15) is 0 Å². The van der Waals surface area contributed by atoms with Gasteiger partial charge in [-0.05, 0) is 92.2 Å². The van der Waals surface area contributed by atoms with Gasteiger partial charge < -0.3 is 10.2 Å². The molecule has 0 radical (unpaired) electrons. The van der Waals surface area contributed by atoms with E-state index < -0.39 is 0 Å². The zero-order valence-corrected chi connectivity index (χ0v) is 18.7. The summed E-state index contributed by atoms with van der Waals surface area (Å²) in [7, 11) is 0. The molecule has 0 spiro atoms. The molecule has 0 unspecified atom stereocenters. The van der Waals surface area contributed by atoms with Crippen LogP contribution in [0.2, 0.25) is 0 Å². The summed E-state index contributed by atoms with van der Waals surface area (Å²) in [6, 6.07) is 4.05. The van der Waals surface area contributed by atoms with E-state index in [-0.39, 0.29) is 7.46 Å². The molecule has 1 heterocycles. The van der Waals surface area contributed by atoms with Crippen molar-refractivity contribution in [2.45, 2.75) is 71.1 Å². The molecule has 4 bridgehead atoms. The van der Waals surface area contributed by atoms with Crippen LogP contribution in [0.3, 0.4) is 0 Å². The van der Waals surface area contributed by atoms with Gasteiger partial charge in [-0.1, -0.05) is 31.9 Å². The fourth-order valence-electron chi connectivity index (χ4n) is 6.76. The Hall–Kier alpha value is -1.84. The molecule has 5 rings (SSSR count). The molecule has 1 aromatic rings. The number of aromatic nitrogens is 1. The standard InChI is InChI=1S/C26H39N3O.H2/c1-2-3-4-13-29(25(30)28-10-5-6-21-7-11-27-12-8-21)14-9-26-18-22-15-23(19-26)17-24(16-22)20-26;/h5-8,11-12,22-24H,2-4,9-10,13-20H2,1H3,(H,28,30);1H/b6-5-;. The lowest BCUT2D eigenvalue weighted by Gasteiger charge is -2.57. The second kappa shape index (κ2) is 9.98. The largest absolute Gasteiger partial charge is 0.335 e. The van der Waals surface area contributed by atoms with Gasteiger partial charge in [-0.2, -0.15) is 0 Å². The van der Waals surface area contributed by atoms with E-state index >= 15 is 0 Å². The number of urea groups is 1. The van der Waals surface area contributed by atoms with Crippen LogP contribution in [0.15, 0.2) is 30.6 Å². The maximum Gasteiger partial charge on any atom is 0.317 e. The lowest BCUT2D eigenvalue weighted by Crippen LogP contribution is -2.48. The average Bonchev–Trinajstić information content (AvgIpc) is 2.73. The molecule has 0 aromatic carbocycles. The van der Waals surface area contributed by atoms with Crippen LogP contribution >= 0.6 is 0 Å². The Morgan fingerprint density at radius 3 is 2.43 bits per heavy atom. The first-order chi connectivity index (χ1) is 14.7. The topological polar surface area (TPSA) is 45.2 Å². The Labute approximate surface area is 184 Å². The van der Waals surface area contributed by atoms with E-state index in [9.17, 15) is 4.79 Å². The van der Waals surface area contributed by atoms with Crippen LogP contribution in [0.5, 0.6) is 0 Å². The second-order valence-electron chi connectivity index (χ2n) is 10.2. The summed E-state index contributed by atoms with van der Waals surface area (Å²) in [6.07, 6.45) is 21.1. The van der Waals surface area contributed by atoms with E-state index in [1.165, 1.54) is 57.8 Å². The van der Waals surface area contributed by atoms with Gasteiger partial charge in [0.25, 0.3) is 0 Å². The molecule has 1 N–H and O–H groups in total. The van der Waals surface area contributed by atoms with Gasteiger partial charge >= 0.3 is 6.03 Å². The summed E-state index contributed by atoms with van der Waals surface area (Å²) in [5.41, 5.74) is 1.65. The van der Waals surface area contributed by atoms with Crippen molar-refractivity contribution in [1.82, 2.24) is 15.2 Å². The molecule has 30 heavy (non-hydrogen) atoms. The molecule has 0 aliphatic heterocycles. The van der Waals surface area contributed by atoms with Crippen molar-refractivity contribution >= 4 is 12.1 Å². The van der Waals surface area contributed by atoms with Crippen LogP contribution in [-0.4, -0.2) is 35.5 Å². The molecule has 2 amide bonds. The molecule has 4 saturated carbocycles. The lowest BCUT2D eigenvalue weighted by molar-refractivity contribution is -0.0596. The predicted molar refractivity (Wildman–Crippen MR) is 125 cm³/mol. The zero-order valence-electron chi connectivity index (χ0n) is 18.7. The third-order valence-electron chi connectivity index (χ3n) is 7.78. The van der Waals surface area contributed by atoms with E-state index in [0.717, 1.165) is 42.8 Å². The molecule has 4 aliphatic rings. The summed E-state index contributed by atoms with van der Waals surface area (Å²) < 4.78 is 0. The monoisotopic (exact) mass is 411 g/mol. The van der Waals surface area contributed by atoms with E-state index in [0.29, 0.717) is 12.0 Å². The quantitative estimate of drug-likeness (QED) is 0.469. The molecule has 0 atom stereocenters. The first-order valence-electron chi connectivity index (χ1n) is 12.2. The number of hydrogen-bond donors (Lipinski definition) is 1. The molecular weight excluding hydrogens is 370 g/mol. The van der Waals surface area contributed by atoms with Gasteiger partial charge in [-0.3, -0.25) is 4.98 Å². The number of nitrogens with zero attached hydrogens (tertiary/aromatic N) is 2. The van der Waals surface area contributed by atoms with Crippen LogP contribution in [-0.2, 0) is 0 Å². The van der Waals surface area contributed by atoms with E-state index in [1.54, 1.807) is 12.4 Å². The Kier molecular flexibility index (Phi) is 7.12. The molecule has 1 aromatic heterocycles. The highest BCUT2D eigenvalue weighted by atomic mass is 16.2. The molecule has 4 nitrogen and oxygen atoms in total. The highest BCUT2D eigenvalue weighted by Gasteiger charge is 2.50. The smallest absolute Gasteiger partial charge is 0.317 e. The normalized spacial score (nSPS) is 29.4. The van der Waals surface area contributed by atoms with E-state index in [2.05, 4.69) is 22.1 Å². The third kappa shape index (κ3) is 5.44. The number of unbranched alkanes of at least 4 members (excludes halogenated alkanes) is 2. The zero-order chi connectivity index (χ0) is 20.8. The maximum absolute atomic E-state index is 12.9. The SMILES string of the molecule is CCCCCN(CCC12CC3CC(CC(C3)C1)C2)C(=O)NC/C=C\c1ccncc1.[HH]. The maximum atomic E-state index is 12.9. The Morgan fingerprint density at radius 2 is 1.80 bits per heavy atom. The van der Waals surface area contributed by atoms with E-state index in [4.69, 9.17) is 0 Å². The van der Waals surface area contributed by atoms with Crippen molar-refractivity contribution in [1.29, 1.82) is 0 Å². The van der Waals surface area contributed by atoms with E-state index in [1.807, 2.05) is 24.3 Å². The Morgan fingerprint density at radius 1 is 1.13 bits per heavy atom. The second-order valence-corrected chi connectivity index (χ2v) is 10.2. The number of pyridine rings is 1. The molecular formula is C26H41N3O. The minimum absolute atomic E-state index is 0. The average molecular weight is 412 g/mol. The minimum atomic E-state index is 0. The van der Waals surface area contributed by atoms with Crippen molar-refractivity contribution in [2.24, 2.45) is 23.2 Å². The lowest BCUT2D eigenvalue weighted by atomic mass is 9.49. The van der Waals surface area contributed by atoms with Crippen molar-refractivity contribution in [3.05, 3.63) is 36.2 Å². The number of rotatable bonds is 10. The van der Waals surface area contributed by atoms with Crippen molar-refractivity contribution in [2.75, 3.05) is 19.6 Å². The number of nitrogens with one attached hydrogen (secondary N) is 1. The van der Waals surface area contributed by atoms with Gasteiger partial charge in [0.15, 0.2) is 0 Å². The number of amides is 2. The fraction of sp³-hybridized carbons (Fsp3) is 0.692. The molecule has 166 valence electrons. The van der Waals surface area contributed by atoms with Gasteiger partial charge in [-0.25, -0.2) is 4.79 Å². The van der Waals surface area contributed by atoms with Crippen molar-refractivity contribution in [3.8, 4) is 0 Å². The van der Waals surface area contributed by atoms with Gasteiger partial charge in [-0.15, -0.1) is 0 Å². The molecule has 4 heteroatoms. The highest BCUT2D eigenvalue weighted by molar-refractivity contribution is 5.74. The van der Waals surface area contributed by atoms with Crippen LogP contribution in [0.25, 0.3) is 6.08 Å². The van der Waals surface area contributed by atoms with Crippen LogP contribution in [0, 0.1) is 23.2 Å². The van der Waals surface area contributed by atoms with Crippen LogP contribution in [0.4, 0.5) is 4.79 Å².